The fourth-order valence-corrected chi connectivity index (χ4v) is 3.67. The number of nitrogens with zero attached hydrogens (tertiary/aromatic N) is 3. The average molecular weight is 346 g/mol. The lowest BCUT2D eigenvalue weighted by Crippen LogP contribution is -2.42. The summed E-state index contributed by atoms with van der Waals surface area (Å²) in [5, 5.41) is 9.31. The van der Waals surface area contributed by atoms with Crippen molar-refractivity contribution in [3.8, 4) is 10.6 Å². The Morgan fingerprint density at radius 1 is 1.42 bits per heavy atom. The Morgan fingerprint density at radius 3 is 3.04 bits per heavy atom. The lowest BCUT2D eigenvalue weighted by molar-refractivity contribution is -0.126. The van der Waals surface area contributed by atoms with Crippen LogP contribution in [0.5, 0.6) is 0 Å². The Morgan fingerprint density at radius 2 is 2.29 bits per heavy atom. The number of carbonyl (C=O) groups excluding carboxylic acids is 1. The van der Waals surface area contributed by atoms with Crippen molar-refractivity contribution in [2.75, 3.05) is 26.7 Å². The summed E-state index contributed by atoms with van der Waals surface area (Å²) in [5.74, 6) is 0.120. The summed E-state index contributed by atoms with van der Waals surface area (Å²) in [6.45, 7) is 2.66. The highest BCUT2D eigenvalue weighted by molar-refractivity contribution is 7.13. The molecule has 0 aliphatic carbocycles. The zero-order valence-corrected chi connectivity index (χ0v) is 14.6. The molecular formula is C17H22N4O2S. The van der Waals surface area contributed by atoms with E-state index in [-0.39, 0.29) is 17.4 Å². The van der Waals surface area contributed by atoms with Crippen LogP contribution in [0.25, 0.3) is 10.6 Å². The predicted octanol–water partition coefficient (Wildman–Crippen LogP) is 1.43. The number of aromatic nitrogens is 2. The Hall–Kier alpha value is -1.99. The smallest absolute Gasteiger partial charge is 0.266 e. The third kappa shape index (κ3) is 4.10. The summed E-state index contributed by atoms with van der Waals surface area (Å²) in [6, 6.07) is 7.20. The predicted molar refractivity (Wildman–Crippen MR) is 95.0 cm³/mol. The molecule has 0 bridgehead atoms. The molecule has 24 heavy (non-hydrogen) atoms. The Kier molecular flexibility index (Phi) is 5.42. The molecule has 0 spiro atoms. The highest BCUT2D eigenvalue weighted by Crippen LogP contribution is 2.21. The van der Waals surface area contributed by atoms with E-state index in [1.54, 1.807) is 17.4 Å². The summed E-state index contributed by atoms with van der Waals surface area (Å²) in [6.07, 6.45) is 1.99. The van der Waals surface area contributed by atoms with E-state index in [0.717, 1.165) is 36.5 Å². The molecule has 1 aliphatic rings. The SMILES string of the molecule is CN1CCCC(C(=O)NCCn2nc(-c3cccs3)ccc2=O)C1. The molecule has 7 heteroatoms. The highest BCUT2D eigenvalue weighted by atomic mass is 32.1. The third-order valence-electron chi connectivity index (χ3n) is 4.26. The van der Waals surface area contributed by atoms with E-state index in [1.807, 2.05) is 24.6 Å². The van der Waals surface area contributed by atoms with Crippen molar-refractivity contribution in [3.05, 3.63) is 40.0 Å². The van der Waals surface area contributed by atoms with Crippen molar-refractivity contribution in [2.24, 2.45) is 5.92 Å². The van der Waals surface area contributed by atoms with Gasteiger partial charge in [-0.2, -0.15) is 5.10 Å². The molecule has 0 radical (unpaired) electrons. The van der Waals surface area contributed by atoms with Crippen molar-refractivity contribution in [2.45, 2.75) is 19.4 Å². The van der Waals surface area contributed by atoms with E-state index in [4.69, 9.17) is 0 Å². The van der Waals surface area contributed by atoms with Gasteiger partial charge in [0.15, 0.2) is 0 Å². The normalized spacial score (nSPS) is 18.5. The number of piperidine rings is 1. The van der Waals surface area contributed by atoms with Crippen molar-refractivity contribution in [3.63, 3.8) is 0 Å². The summed E-state index contributed by atoms with van der Waals surface area (Å²) in [4.78, 5) is 27.4. The number of likely N-dealkylation sites (tertiary alicyclic amines) is 1. The van der Waals surface area contributed by atoms with E-state index < -0.39 is 0 Å². The van der Waals surface area contributed by atoms with E-state index in [9.17, 15) is 9.59 Å². The van der Waals surface area contributed by atoms with Gasteiger partial charge in [0.1, 0.15) is 5.69 Å². The fourth-order valence-electron chi connectivity index (χ4n) is 2.97. The van der Waals surface area contributed by atoms with Gasteiger partial charge in [0.25, 0.3) is 5.56 Å². The van der Waals surface area contributed by atoms with Gasteiger partial charge >= 0.3 is 0 Å². The zero-order chi connectivity index (χ0) is 16.9. The molecule has 128 valence electrons. The van der Waals surface area contributed by atoms with E-state index in [0.29, 0.717) is 13.1 Å². The van der Waals surface area contributed by atoms with Crippen LogP contribution in [0, 0.1) is 5.92 Å². The molecule has 2 aromatic heterocycles. The van der Waals surface area contributed by atoms with Gasteiger partial charge in [-0.1, -0.05) is 6.07 Å². The molecule has 0 saturated carbocycles. The Balaban J connectivity index is 1.57. The molecule has 2 aromatic rings. The van der Waals surface area contributed by atoms with Gasteiger partial charge < -0.3 is 10.2 Å². The number of amides is 1. The van der Waals surface area contributed by atoms with Crippen LogP contribution in [0.2, 0.25) is 0 Å². The first-order chi connectivity index (χ1) is 11.6. The van der Waals surface area contributed by atoms with Crippen molar-refractivity contribution in [1.82, 2.24) is 20.0 Å². The first-order valence-corrected chi connectivity index (χ1v) is 9.10. The van der Waals surface area contributed by atoms with Crippen LogP contribution in [-0.4, -0.2) is 47.3 Å². The fraction of sp³-hybridized carbons (Fsp3) is 0.471. The molecule has 1 atom stereocenters. The number of carbonyl (C=O) groups is 1. The van der Waals surface area contributed by atoms with Crippen molar-refractivity contribution in [1.29, 1.82) is 0 Å². The van der Waals surface area contributed by atoms with Crippen LogP contribution < -0.4 is 10.9 Å². The van der Waals surface area contributed by atoms with Gasteiger partial charge in [0.05, 0.1) is 17.3 Å². The molecule has 0 aromatic carbocycles. The second kappa shape index (κ2) is 7.72. The van der Waals surface area contributed by atoms with Crippen LogP contribution in [0.3, 0.4) is 0 Å². The summed E-state index contributed by atoms with van der Waals surface area (Å²) in [5.41, 5.74) is 0.631. The average Bonchev–Trinajstić information content (AvgIpc) is 3.11. The van der Waals surface area contributed by atoms with Gasteiger partial charge in [-0.3, -0.25) is 9.59 Å². The van der Waals surface area contributed by atoms with Crippen LogP contribution in [0.1, 0.15) is 12.8 Å². The summed E-state index contributed by atoms with van der Waals surface area (Å²) < 4.78 is 1.42. The van der Waals surface area contributed by atoms with Gasteiger partial charge in [0, 0.05) is 19.2 Å². The number of thiophene rings is 1. The van der Waals surface area contributed by atoms with Gasteiger partial charge in [-0.25, -0.2) is 4.68 Å². The van der Waals surface area contributed by atoms with Crippen molar-refractivity contribution >= 4 is 17.2 Å². The third-order valence-corrected chi connectivity index (χ3v) is 5.15. The zero-order valence-electron chi connectivity index (χ0n) is 13.8. The van der Waals surface area contributed by atoms with E-state index in [2.05, 4.69) is 15.3 Å². The van der Waals surface area contributed by atoms with E-state index in [1.165, 1.54) is 10.7 Å². The maximum absolute atomic E-state index is 12.2. The number of hydrogen-bond donors (Lipinski definition) is 1. The van der Waals surface area contributed by atoms with Crippen LogP contribution in [0.4, 0.5) is 0 Å². The minimum absolute atomic E-state index is 0.0471. The minimum atomic E-state index is -0.151. The molecule has 1 amide bonds. The number of hydrogen-bond acceptors (Lipinski definition) is 5. The molecule has 1 N–H and O–H groups in total. The van der Waals surface area contributed by atoms with Gasteiger partial charge in [0.2, 0.25) is 5.91 Å². The van der Waals surface area contributed by atoms with Crippen LogP contribution >= 0.6 is 11.3 Å². The summed E-state index contributed by atoms with van der Waals surface area (Å²) in [7, 11) is 2.04. The molecule has 3 rings (SSSR count). The maximum atomic E-state index is 12.2. The van der Waals surface area contributed by atoms with Crippen LogP contribution in [-0.2, 0) is 11.3 Å². The van der Waals surface area contributed by atoms with Gasteiger partial charge in [-0.15, -0.1) is 11.3 Å². The second-order valence-corrected chi connectivity index (χ2v) is 7.10. The quantitative estimate of drug-likeness (QED) is 0.889. The highest BCUT2D eigenvalue weighted by Gasteiger charge is 2.23. The summed E-state index contributed by atoms with van der Waals surface area (Å²) >= 11 is 1.59. The Bertz CT molecular complexity index is 741. The lowest BCUT2D eigenvalue weighted by atomic mass is 9.98. The van der Waals surface area contributed by atoms with Crippen LogP contribution in [0.15, 0.2) is 34.4 Å². The minimum Gasteiger partial charge on any atom is -0.354 e. The molecule has 1 fully saturated rings. The monoisotopic (exact) mass is 346 g/mol. The number of rotatable bonds is 5. The maximum Gasteiger partial charge on any atom is 0.266 e. The molecule has 1 aliphatic heterocycles. The largest absolute Gasteiger partial charge is 0.354 e. The van der Waals surface area contributed by atoms with Gasteiger partial charge in [-0.05, 0) is 43.9 Å². The molecular weight excluding hydrogens is 324 g/mol. The topological polar surface area (TPSA) is 67.2 Å². The molecule has 6 nitrogen and oxygen atoms in total. The first kappa shape index (κ1) is 16.9. The molecule has 1 unspecified atom stereocenters. The Labute approximate surface area is 145 Å². The number of nitrogens with one attached hydrogen (secondary N) is 1. The first-order valence-electron chi connectivity index (χ1n) is 8.22. The lowest BCUT2D eigenvalue weighted by Gasteiger charge is -2.28. The van der Waals surface area contributed by atoms with E-state index >= 15 is 0 Å². The second-order valence-electron chi connectivity index (χ2n) is 6.15. The van der Waals surface area contributed by atoms with Crippen molar-refractivity contribution < 1.29 is 4.79 Å². The molecule has 3 heterocycles. The molecule has 1 saturated heterocycles. The standard InChI is InChI=1S/C17H22N4O2S/c1-20-9-2-4-13(12-20)17(23)18-8-10-21-16(22)7-6-14(19-21)15-5-3-11-24-15/h3,5-7,11,13H,2,4,8-10,12H2,1H3,(H,18,23).